The van der Waals surface area contributed by atoms with Gasteiger partial charge in [-0.15, -0.1) is 0 Å². The van der Waals surface area contributed by atoms with Crippen LogP contribution in [0.25, 0.3) is 0 Å². The van der Waals surface area contributed by atoms with Crippen molar-refractivity contribution in [2.75, 3.05) is 5.32 Å². The first-order valence-electron chi connectivity index (χ1n) is 10.5. The quantitative estimate of drug-likeness (QED) is 0.612. The molecular formula is C22H25ClF3N3O3. The maximum atomic E-state index is 14.4. The molecule has 1 aromatic carbocycles. The van der Waals surface area contributed by atoms with E-state index in [0.29, 0.717) is 29.9 Å². The van der Waals surface area contributed by atoms with Gasteiger partial charge in [-0.3, -0.25) is 4.79 Å². The molecule has 2 aliphatic rings. The minimum atomic E-state index is -3.58. The Labute approximate surface area is 188 Å². The van der Waals surface area contributed by atoms with Crippen LogP contribution in [0.5, 0.6) is 0 Å². The van der Waals surface area contributed by atoms with E-state index < -0.39 is 29.4 Å². The number of alkyl halides is 2. The van der Waals surface area contributed by atoms with Crippen molar-refractivity contribution in [2.45, 2.75) is 56.2 Å². The highest BCUT2D eigenvalue weighted by atomic mass is 35.5. The molecule has 3 N–H and O–H groups in total. The Bertz CT molecular complexity index is 1030. The van der Waals surface area contributed by atoms with E-state index in [1.807, 2.05) is 0 Å². The molecule has 1 heterocycles. The van der Waals surface area contributed by atoms with Crippen LogP contribution in [0.4, 0.5) is 18.9 Å². The molecule has 0 aliphatic heterocycles. The van der Waals surface area contributed by atoms with E-state index in [-0.39, 0.29) is 35.6 Å². The Hall–Kier alpha value is -2.10. The number of carbonyl (C=O) groups excluding carboxylic acids is 1. The zero-order valence-corrected chi connectivity index (χ0v) is 18.4. The predicted octanol–water partition coefficient (Wildman–Crippen LogP) is 4.12. The second kappa shape index (κ2) is 8.04. The predicted molar refractivity (Wildman–Crippen MR) is 112 cm³/mol. The van der Waals surface area contributed by atoms with Crippen LogP contribution in [0.3, 0.4) is 0 Å². The number of nitrogens with zero attached hydrogens (tertiary/aromatic N) is 2. The van der Waals surface area contributed by atoms with E-state index in [2.05, 4.69) is 10.3 Å². The lowest BCUT2D eigenvalue weighted by Crippen LogP contribution is -2.53. The number of halogens is 4. The van der Waals surface area contributed by atoms with Crippen molar-refractivity contribution in [3.63, 3.8) is 0 Å². The molecule has 1 aromatic heterocycles. The standard InChI is InChI=1S/C22H25ClF3N3O3/c1-11(30)22(25,26)21(32)8-13-5-12(6-14(13)9-21)18-19(29(2)10-27-18)20(31)28-15-3-4-17(24)16(23)7-15/h3-4,7,10-14,30,32H,5-6,8-9H2,1-2H3,(H,28,31)/t11-,12?,13?,14?,21?/m0/s1. The first kappa shape index (κ1) is 23.1. The molecule has 2 aromatic rings. The number of hydrogen-bond donors (Lipinski definition) is 3. The Balaban J connectivity index is 1.50. The summed E-state index contributed by atoms with van der Waals surface area (Å²) in [4.78, 5) is 17.3. The molecule has 0 saturated heterocycles. The number of imidazole rings is 1. The van der Waals surface area contributed by atoms with Crippen molar-refractivity contribution >= 4 is 23.2 Å². The van der Waals surface area contributed by atoms with Crippen molar-refractivity contribution in [1.29, 1.82) is 0 Å². The number of aliphatic hydroxyl groups is 2. The first-order valence-corrected chi connectivity index (χ1v) is 10.9. The number of aryl methyl sites for hydroxylation is 1. The van der Waals surface area contributed by atoms with Gasteiger partial charge in [0.2, 0.25) is 0 Å². The van der Waals surface area contributed by atoms with Gasteiger partial charge in [-0.25, -0.2) is 18.2 Å². The molecule has 3 atom stereocenters. The van der Waals surface area contributed by atoms with Crippen LogP contribution >= 0.6 is 11.6 Å². The van der Waals surface area contributed by atoms with Gasteiger partial charge in [-0.1, -0.05) is 11.6 Å². The van der Waals surface area contributed by atoms with Gasteiger partial charge in [0.25, 0.3) is 5.91 Å². The Morgan fingerprint density at radius 2 is 1.97 bits per heavy atom. The molecule has 2 aliphatic carbocycles. The number of aliphatic hydroxyl groups excluding tert-OH is 1. The summed E-state index contributed by atoms with van der Waals surface area (Å²) in [7, 11) is 1.68. The average Bonchev–Trinajstić information content (AvgIpc) is 3.35. The highest BCUT2D eigenvalue weighted by Gasteiger charge is 2.62. The zero-order valence-electron chi connectivity index (χ0n) is 17.7. The van der Waals surface area contributed by atoms with Gasteiger partial charge in [0.15, 0.2) is 0 Å². The summed E-state index contributed by atoms with van der Waals surface area (Å²) in [6.07, 6.45) is 0.412. The third kappa shape index (κ3) is 3.80. The lowest BCUT2D eigenvalue weighted by molar-refractivity contribution is -0.226. The number of nitrogens with one attached hydrogen (secondary N) is 1. The van der Waals surface area contributed by atoms with Crippen molar-refractivity contribution in [3.05, 3.63) is 46.8 Å². The number of anilines is 1. The fourth-order valence-electron chi connectivity index (χ4n) is 5.33. The topological polar surface area (TPSA) is 87.4 Å². The molecule has 174 valence electrons. The van der Waals surface area contributed by atoms with Gasteiger partial charge in [-0.2, -0.15) is 0 Å². The van der Waals surface area contributed by atoms with E-state index in [4.69, 9.17) is 11.6 Å². The van der Waals surface area contributed by atoms with Crippen LogP contribution in [0, 0.1) is 17.7 Å². The minimum Gasteiger partial charge on any atom is -0.387 e. The normalized spacial score (nSPS) is 28.6. The highest BCUT2D eigenvalue weighted by Crippen LogP contribution is 2.57. The summed E-state index contributed by atoms with van der Waals surface area (Å²) in [5.74, 6) is -5.03. The lowest BCUT2D eigenvalue weighted by atomic mass is 9.85. The van der Waals surface area contributed by atoms with E-state index in [1.165, 1.54) is 18.5 Å². The van der Waals surface area contributed by atoms with Gasteiger partial charge in [-0.05, 0) is 62.6 Å². The van der Waals surface area contributed by atoms with Crippen LogP contribution < -0.4 is 5.32 Å². The van der Waals surface area contributed by atoms with Crippen LogP contribution in [-0.4, -0.2) is 43.3 Å². The summed E-state index contributed by atoms with van der Waals surface area (Å²) < 4.78 is 43.8. The minimum absolute atomic E-state index is 0.103. The Morgan fingerprint density at radius 1 is 1.34 bits per heavy atom. The van der Waals surface area contributed by atoms with Crippen molar-refractivity contribution in [1.82, 2.24) is 9.55 Å². The molecule has 0 bridgehead atoms. The molecule has 2 saturated carbocycles. The molecule has 0 radical (unpaired) electrons. The largest absolute Gasteiger partial charge is 0.387 e. The van der Waals surface area contributed by atoms with Crippen LogP contribution in [0.2, 0.25) is 5.02 Å². The number of hydrogen-bond acceptors (Lipinski definition) is 4. The molecule has 6 nitrogen and oxygen atoms in total. The van der Waals surface area contributed by atoms with Gasteiger partial charge >= 0.3 is 5.92 Å². The zero-order chi connectivity index (χ0) is 23.4. The third-order valence-electron chi connectivity index (χ3n) is 6.93. The molecule has 4 rings (SSSR count). The van der Waals surface area contributed by atoms with Gasteiger partial charge in [0.05, 0.1) is 17.0 Å². The molecular weight excluding hydrogens is 447 g/mol. The van der Waals surface area contributed by atoms with E-state index in [9.17, 15) is 28.2 Å². The monoisotopic (exact) mass is 471 g/mol. The van der Waals surface area contributed by atoms with Gasteiger partial charge in [0, 0.05) is 18.7 Å². The van der Waals surface area contributed by atoms with Crippen molar-refractivity contribution in [3.8, 4) is 0 Å². The number of aromatic nitrogens is 2. The number of carbonyl (C=O) groups is 1. The van der Waals surface area contributed by atoms with Crippen molar-refractivity contribution in [2.24, 2.45) is 18.9 Å². The average molecular weight is 472 g/mol. The summed E-state index contributed by atoms with van der Waals surface area (Å²) in [6, 6.07) is 3.87. The summed E-state index contributed by atoms with van der Waals surface area (Å²) in [6.45, 7) is 0.988. The Morgan fingerprint density at radius 3 is 2.53 bits per heavy atom. The third-order valence-corrected chi connectivity index (χ3v) is 7.22. The lowest BCUT2D eigenvalue weighted by Gasteiger charge is -2.35. The second-order valence-electron chi connectivity index (χ2n) is 9.10. The number of fused-ring (bicyclic) bond motifs is 1. The van der Waals surface area contributed by atoms with E-state index >= 15 is 0 Å². The summed E-state index contributed by atoms with van der Waals surface area (Å²) in [5.41, 5.74) is -0.992. The fraction of sp³-hybridized carbons (Fsp3) is 0.545. The molecule has 32 heavy (non-hydrogen) atoms. The Kier molecular flexibility index (Phi) is 5.80. The number of amides is 1. The maximum Gasteiger partial charge on any atom is 0.301 e. The maximum absolute atomic E-state index is 14.4. The second-order valence-corrected chi connectivity index (χ2v) is 9.51. The smallest absolute Gasteiger partial charge is 0.301 e. The van der Waals surface area contributed by atoms with Crippen LogP contribution in [-0.2, 0) is 7.05 Å². The van der Waals surface area contributed by atoms with Crippen LogP contribution in [0.15, 0.2) is 24.5 Å². The van der Waals surface area contributed by atoms with E-state index in [0.717, 1.165) is 13.0 Å². The fourth-order valence-corrected chi connectivity index (χ4v) is 5.52. The molecule has 1 amide bonds. The molecule has 2 fully saturated rings. The summed E-state index contributed by atoms with van der Waals surface area (Å²) in [5, 5.41) is 22.6. The summed E-state index contributed by atoms with van der Waals surface area (Å²) >= 11 is 5.78. The molecule has 2 unspecified atom stereocenters. The first-order chi connectivity index (χ1) is 14.9. The van der Waals surface area contributed by atoms with Gasteiger partial charge in [0.1, 0.15) is 23.2 Å². The highest BCUT2D eigenvalue weighted by molar-refractivity contribution is 6.31. The molecule has 0 spiro atoms. The number of rotatable bonds is 5. The van der Waals surface area contributed by atoms with Crippen molar-refractivity contribution < 1.29 is 28.2 Å². The van der Waals surface area contributed by atoms with Gasteiger partial charge < -0.3 is 20.1 Å². The number of benzene rings is 1. The van der Waals surface area contributed by atoms with Crippen LogP contribution in [0.1, 0.15) is 54.7 Å². The SMILES string of the molecule is C[C@H](O)C(F)(F)C1(O)CC2CC(c3ncn(C)c3C(=O)Nc3ccc(F)c(Cl)c3)CC2C1. The van der Waals surface area contributed by atoms with E-state index in [1.54, 1.807) is 11.6 Å². The molecule has 10 heteroatoms.